The molecule has 2 aromatic rings. The summed E-state index contributed by atoms with van der Waals surface area (Å²) in [4.78, 5) is 48.8. The molecule has 3 amide bonds. The maximum Gasteiger partial charge on any atom is 0.311 e. The molecule has 0 aliphatic carbocycles. The van der Waals surface area contributed by atoms with Crippen molar-refractivity contribution >= 4 is 41.0 Å². The second-order valence-electron chi connectivity index (χ2n) is 7.28. The number of amides is 3. The Balaban J connectivity index is 1.49. The maximum absolute atomic E-state index is 12.3. The van der Waals surface area contributed by atoms with Gasteiger partial charge in [0, 0.05) is 22.7 Å². The standard InChI is InChI=1S/C22H22ClN3O5/c1-13-6-8-15(9-7-13)21(29)25-26-11-16(10-20(26)28)22(30)31-12-19(27)24-18-5-3-4-17(23)14(18)2/h3-9,16H,10-12H2,1-2H3,(H,24,27)(H,25,29)/t16-/m1/s1. The average molecular weight is 444 g/mol. The van der Waals surface area contributed by atoms with E-state index in [9.17, 15) is 19.2 Å². The lowest BCUT2D eigenvalue weighted by atomic mass is 10.1. The number of rotatable bonds is 6. The summed E-state index contributed by atoms with van der Waals surface area (Å²) in [7, 11) is 0. The molecule has 0 radical (unpaired) electrons. The van der Waals surface area contributed by atoms with Crippen molar-refractivity contribution in [1.29, 1.82) is 0 Å². The fourth-order valence-electron chi connectivity index (χ4n) is 3.05. The number of ether oxygens (including phenoxy) is 1. The molecule has 0 bridgehead atoms. The van der Waals surface area contributed by atoms with Crippen molar-refractivity contribution in [2.75, 3.05) is 18.5 Å². The molecule has 3 rings (SSSR count). The molecule has 0 unspecified atom stereocenters. The summed E-state index contributed by atoms with van der Waals surface area (Å²) >= 11 is 6.02. The van der Waals surface area contributed by atoms with E-state index >= 15 is 0 Å². The number of carbonyl (C=O) groups excluding carboxylic acids is 4. The SMILES string of the molecule is Cc1ccc(C(=O)NN2C[C@H](C(=O)OCC(=O)Nc3cccc(Cl)c3C)CC2=O)cc1. The third-order valence-corrected chi connectivity index (χ3v) is 5.31. The molecule has 0 saturated carbocycles. The molecule has 1 aliphatic heterocycles. The van der Waals surface area contributed by atoms with Gasteiger partial charge in [-0.15, -0.1) is 0 Å². The first kappa shape index (κ1) is 22.3. The molecular formula is C22H22ClN3O5. The van der Waals surface area contributed by atoms with E-state index in [0.717, 1.165) is 10.6 Å². The molecule has 1 heterocycles. The minimum atomic E-state index is -0.772. The van der Waals surface area contributed by atoms with Gasteiger partial charge < -0.3 is 10.1 Å². The number of benzene rings is 2. The topological polar surface area (TPSA) is 105 Å². The van der Waals surface area contributed by atoms with E-state index in [1.165, 1.54) is 0 Å². The summed E-state index contributed by atoms with van der Waals surface area (Å²) in [6.07, 6.45) is -0.109. The first-order chi connectivity index (χ1) is 14.7. The molecule has 1 aliphatic rings. The summed E-state index contributed by atoms with van der Waals surface area (Å²) in [6.45, 7) is 3.14. The van der Waals surface area contributed by atoms with Gasteiger partial charge in [0.05, 0.1) is 12.5 Å². The largest absolute Gasteiger partial charge is 0.455 e. The molecule has 31 heavy (non-hydrogen) atoms. The number of hydrogen-bond acceptors (Lipinski definition) is 5. The van der Waals surface area contributed by atoms with Crippen LogP contribution in [0.3, 0.4) is 0 Å². The van der Waals surface area contributed by atoms with Crippen LogP contribution in [0.2, 0.25) is 5.02 Å². The van der Waals surface area contributed by atoms with Gasteiger partial charge in [-0.05, 0) is 43.7 Å². The smallest absolute Gasteiger partial charge is 0.311 e. The Morgan fingerprint density at radius 2 is 1.84 bits per heavy atom. The Kier molecular flexibility index (Phi) is 6.91. The molecular weight excluding hydrogens is 422 g/mol. The molecule has 162 valence electrons. The lowest BCUT2D eigenvalue weighted by Gasteiger charge is -2.17. The number of esters is 1. The van der Waals surface area contributed by atoms with E-state index in [4.69, 9.17) is 16.3 Å². The molecule has 8 nitrogen and oxygen atoms in total. The molecule has 2 N–H and O–H groups in total. The van der Waals surface area contributed by atoms with Gasteiger partial charge >= 0.3 is 5.97 Å². The quantitative estimate of drug-likeness (QED) is 0.668. The van der Waals surface area contributed by atoms with Crippen molar-refractivity contribution in [2.24, 2.45) is 5.92 Å². The van der Waals surface area contributed by atoms with Crippen molar-refractivity contribution in [2.45, 2.75) is 20.3 Å². The second-order valence-corrected chi connectivity index (χ2v) is 7.69. The first-order valence-corrected chi connectivity index (χ1v) is 10.0. The number of nitrogens with zero attached hydrogens (tertiary/aromatic N) is 1. The normalized spacial score (nSPS) is 15.5. The Hall–Kier alpha value is -3.39. The highest BCUT2D eigenvalue weighted by molar-refractivity contribution is 6.31. The van der Waals surface area contributed by atoms with Crippen LogP contribution >= 0.6 is 11.6 Å². The molecule has 1 fully saturated rings. The Morgan fingerprint density at radius 3 is 2.55 bits per heavy atom. The Bertz CT molecular complexity index is 1020. The molecule has 1 atom stereocenters. The van der Waals surface area contributed by atoms with Crippen LogP contribution in [0.5, 0.6) is 0 Å². The van der Waals surface area contributed by atoms with Crippen molar-refractivity contribution in [3.8, 4) is 0 Å². The summed E-state index contributed by atoms with van der Waals surface area (Å²) in [5.74, 6) is -2.82. The highest BCUT2D eigenvalue weighted by Gasteiger charge is 2.36. The van der Waals surface area contributed by atoms with Crippen LogP contribution in [0.25, 0.3) is 0 Å². The third kappa shape index (κ3) is 5.61. The van der Waals surface area contributed by atoms with Gasteiger partial charge in [0.15, 0.2) is 6.61 Å². The maximum atomic E-state index is 12.3. The molecule has 1 saturated heterocycles. The first-order valence-electron chi connectivity index (χ1n) is 9.64. The van der Waals surface area contributed by atoms with Gasteiger partial charge in [-0.1, -0.05) is 35.4 Å². The molecule has 2 aromatic carbocycles. The third-order valence-electron chi connectivity index (χ3n) is 4.90. The lowest BCUT2D eigenvalue weighted by molar-refractivity contribution is -0.151. The highest BCUT2D eigenvalue weighted by Crippen LogP contribution is 2.23. The fourth-order valence-corrected chi connectivity index (χ4v) is 3.22. The number of carbonyl (C=O) groups is 4. The minimum absolute atomic E-state index is 0.0235. The average Bonchev–Trinajstić information content (AvgIpc) is 3.10. The zero-order valence-corrected chi connectivity index (χ0v) is 17.9. The summed E-state index contributed by atoms with van der Waals surface area (Å²) in [5, 5.41) is 4.23. The van der Waals surface area contributed by atoms with Crippen molar-refractivity contribution in [3.05, 3.63) is 64.2 Å². The summed E-state index contributed by atoms with van der Waals surface area (Å²) in [6, 6.07) is 12.0. The van der Waals surface area contributed by atoms with Gasteiger partial charge in [-0.2, -0.15) is 0 Å². The second kappa shape index (κ2) is 9.61. The van der Waals surface area contributed by atoms with E-state index < -0.39 is 36.2 Å². The monoisotopic (exact) mass is 443 g/mol. The Labute approximate surface area is 184 Å². The predicted molar refractivity (Wildman–Crippen MR) is 114 cm³/mol. The molecule has 0 aromatic heterocycles. The lowest BCUT2D eigenvalue weighted by Crippen LogP contribution is -2.43. The van der Waals surface area contributed by atoms with E-state index in [-0.39, 0.29) is 13.0 Å². The zero-order valence-electron chi connectivity index (χ0n) is 17.1. The number of halogens is 1. The van der Waals surface area contributed by atoms with Gasteiger partial charge in [0.2, 0.25) is 5.91 Å². The Morgan fingerprint density at radius 1 is 1.13 bits per heavy atom. The van der Waals surface area contributed by atoms with E-state index in [0.29, 0.717) is 21.8 Å². The molecule has 0 spiro atoms. The van der Waals surface area contributed by atoms with Gasteiger partial charge in [-0.25, -0.2) is 0 Å². The van der Waals surface area contributed by atoms with E-state index in [1.54, 1.807) is 49.4 Å². The van der Waals surface area contributed by atoms with Crippen LogP contribution in [0.15, 0.2) is 42.5 Å². The van der Waals surface area contributed by atoms with Crippen LogP contribution in [-0.2, 0) is 19.1 Å². The number of nitrogens with one attached hydrogen (secondary N) is 2. The van der Waals surface area contributed by atoms with Crippen LogP contribution < -0.4 is 10.7 Å². The summed E-state index contributed by atoms with van der Waals surface area (Å²) < 4.78 is 5.05. The molecule has 9 heteroatoms. The van der Waals surface area contributed by atoms with E-state index in [1.807, 2.05) is 6.92 Å². The number of hydrogen-bond donors (Lipinski definition) is 2. The van der Waals surface area contributed by atoms with Crippen molar-refractivity contribution in [1.82, 2.24) is 10.4 Å². The van der Waals surface area contributed by atoms with Crippen LogP contribution in [0.1, 0.15) is 27.9 Å². The highest BCUT2D eigenvalue weighted by atomic mass is 35.5. The number of aryl methyl sites for hydroxylation is 1. The zero-order chi connectivity index (χ0) is 22.5. The van der Waals surface area contributed by atoms with Crippen molar-refractivity contribution in [3.63, 3.8) is 0 Å². The van der Waals surface area contributed by atoms with Crippen LogP contribution in [-0.4, -0.2) is 41.9 Å². The van der Waals surface area contributed by atoms with Gasteiger partial charge in [0.1, 0.15) is 0 Å². The fraction of sp³-hybridized carbons (Fsp3) is 0.273. The van der Waals surface area contributed by atoms with E-state index in [2.05, 4.69) is 10.7 Å². The van der Waals surface area contributed by atoms with Gasteiger partial charge in [-0.3, -0.25) is 29.6 Å². The number of hydrazine groups is 1. The summed E-state index contributed by atoms with van der Waals surface area (Å²) in [5.41, 5.74) is 5.13. The predicted octanol–water partition coefficient (Wildman–Crippen LogP) is 2.63. The van der Waals surface area contributed by atoms with Gasteiger partial charge in [0.25, 0.3) is 11.8 Å². The van der Waals surface area contributed by atoms with Crippen LogP contribution in [0.4, 0.5) is 5.69 Å². The van der Waals surface area contributed by atoms with Crippen molar-refractivity contribution < 1.29 is 23.9 Å². The number of anilines is 1. The minimum Gasteiger partial charge on any atom is -0.455 e. The van der Waals surface area contributed by atoms with Crippen LogP contribution in [0, 0.1) is 19.8 Å².